The standard InChI is InChI=1S/C32H41N3O5S/c1-8-29(31(37)33-32(4,5)6)34(21-25-12-10-9-11-24(25)3)30(36)22-35(26-15-13-23(2)14-16-26)41(38,39)28-19-17-27(40-7)18-20-28/h9-20,29H,8,21-22H2,1-7H3,(H,33,37)/t29-/m1/s1. The van der Waals surface area contributed by atoms with E-state index in [1.165, 1.54) is 24.1 Å². The quantitative estimate of drug-likeness (QED) is 0.336. The first-order valence-electron chi connectivity index (χ1n) is 13.7. The molecule has 0 aliphatic carbocycles. The van der Waals surface area contributed by atoms with Gasteiger partial charge in [0.05, 0.1) is 17.7 Å². The van der Waals surface area contributed by atoms with Gasteiger partial charge in [0.15, 0.2) is 0 Å². The largest absolute Gasteiger partial charge is 0.497 e. The third kappa shape index (κ3) is 8.10. The molecule has 0 saturated carbocycles. The molecule has 0 saturated heterocycles. The van der Waals surface area contributed by atoms with Gasteiger partial charge in [0.1, 0.15) is 18.3 Å². The maximum atomic E-state index is 14.2. The van der Waals surface area contributed by atoms with Gasteiger partial charge in [-0.1, -0.05) is 48.9 Å². The lowest BCUT2D eigenvalue weighted by Crippen LogP contribution is -2.55. The van der Waals surface area contributed by atoms with E-state index in [9.17, 15) is 18.0 Å². The predicted octanol–water partition coefficient (Wildman–Crippen LogP) is 5.23. The van der Waals surface area contributed by atoms with E-state index in [2.05, 4.69) is 5.32 Å². The highest BCUT2D eigenvalue weighted by Gasteiger charge is 2.34. The van der Waals surface area contributed by atoms with Crippen LogP contribution in [-0.4, -0.2) is 50.4 Å². The van der Waals surface area contributed by atoms with Crippen molar-refractivity contribution in [3.63, 3.8) is 0 Å². The number of rotatable bonds is 11. The molecule has 0 aliphatic heterocycles. The molecule has 3 aromatic rings. The average molecular weight is 580 g/mol. The highest BCUT2D eigenvalue weighted by Crippen LogP contribution is 2.27. The van der Waals surface area contributed by atoms with Gasteiger partial charge >= 0.3 is 0 Å². The Balaban J connectivity index is 2.08. The van der Waals surface area contributed by atoms with Crippen molar-refractivity contribution in [3.05, 3.63) is 89.5 Å². The van der Waals surface area contributed by atoms with Crippen molar-refractivity contribution in [2.24, 2.45) is 0 Å². The molecule has 220 valence electrons. The van der Waals surface area contributed by atoms with Gasteiger partial charge in [0.25, 0.3) is 10.0 Å². The summed E-state index contributed by atoms with van der Waals surface area (Å²) in [6, 6.07) is 19.8. The van der Waals surface area contributed by atoms with Gasteiger partial charge in [-0.25, -0.2) is 8.42 Å². The van der Waals surface area contributed by atoms with Crippen LogP contribution in [-0.2, 0) is 26.2 Å². The summed E-state index contributed by atoms with van der Waals surface area (Å²) >= 11 is 0. The highest BCUT2D eigenvalue weighted by molar-refractivity contribution is 7.92. The third-order valence-corrected chi connectivity index (χ3v) is 8.52. The zero-order valence-electron chi connectivity index (χ0n) is 25.0. The van der Waals surface area contributed by atoms with Crippen LogP contribution in [0.2, 0.25) is 0 Å². The second-order valence-electron chi connectivity index (χ2n) is 11.1. The molecule has 0 radical (unpaired) electrons. The van der Waals surface area contributed by atoms with Crippen LogP contribution < -0.4 is 14.4 Å². The molecule has 0 aromatic heterocycles. The van der Waals surface area contributed by atoms with E-state index in [-0.39, 0.29) is 17.3 Å². The van der Waals surface area contributed by atoms with Gasteiger partial charge in [-0.2, -0.15) is 0 Å². The SMILES string of the molecule is CC[C@H](C(=O)NC(C)(C)C)N(Cc1ccccc1C)C(=O)CN(c1ccc(C)cc1)S(=O)(=O)c1ccc(OC)cc1. The van der Waals surface area contributed by atoms with Gasteiger partial charge < -0.3 is 15.0 Å². The second kappa shape index (κ2) is 13.2. The van der Waals surface area contributed by atoms with E-state index >= 15 is 0 Å². The van der Waals surface area contributed by atoms with E-state index in [0.29, 0.717) is 17.9 Å². The lowest BCUT2D eigenvalue weighted by atomic mass is 10.0. The summed E-state index contributed by atoms with van der Waals surface area (Å²) in [5.74, 6) is -0.259. The molecule has 2 amide bonds. The third-order valence-electron chi connectivity index (χ3n) is 6.73. The molecule has 0 unspecified atom stereocenters. The fourth-order valence-electron chi connectivity index (χ4n) is 4.46. The summed E-state index contributed by atoms with van der Waals surface area (Å²) in [5, 5.41) is 2.99. The Morgan fingerprint density at radius 2 is 1.54 bits per heavy atom. The van der Waals surface area contributed by atoms with Crippen LogP contribution in [0.3, 0.4) is 0 Å². The van der Waals surface area contributed by atoms with Crippen LogP contribution in [0, 0.1) is 13.8 Å². The van der Waals surface area contributed by atoms with Crippen LogP contribution >= 0.6 is 0 Å². The van der Waals surface area contributed by atoms with Crippen molar-refractivity contribution < 1.29 is 22.7 Å². The van der Waals surface area contributed by atoms with Crippen molar-refractivity contribution in [1.82, 2.24) is 10.2 Å². The number of anilines is 1. The Hall–Kier alpha value is -3.85. The zero-order valence-corrected chi connectivity index (χ0v) is 25.8. The molecule has 0 bridgehead atoms. The van der Waals surface area contributed by atoms with E-state index in [1.54, 1.807) is 36.4 Å². The topological polar surface area (TPSA) is 96.0 Å². The molecule has 0 heterocycles. The molecule has 9 heteroatoms. The minimum Gasteiger partial charge on any atom is -0.497 e. The monoisotopic (exact) mass is 579 g/mol. The van der Waals surface area contributed by atoms with E-state index < -0.39 is 34.1 Å². The minimum atomic E-state index is -4.15. The summed E-state index contributed by atoms with van der Waals surface area (Å²) in [4.78, 5) is 29.1. The highest BCUT2D eigenvalue weighted by atomic mass is 32.2. The normalized spacial score (nSPS) is 12.4. The molecule has 8 nitrogen and oxygen atoms in total. The molecule has 1 atom stereocenters. The first kappa shape index (κ1) is 31.7. The Morgan fingerprint density at radius 1 is 0.927 bits per heavy atom. The van der Waals surface area contributed by atoms with Gasteiger partial charge in [0.2, 0.25) is 11.8 Å². The first-order valence-corrected chi connectivity index (χ1v) is 15.1. The van der Waals surface area contributed by atoms with Crippen LogP contribution in [0.4, 0.5) is 5.69 Å². The van der Waals surface area contributed by atoms with Gasteiger partial charge in [-0.05, 0) is 88.6 Å². The van der Waals surface area contributed by atoms with Gasteiger partial charge in [-0.15, -0.1) is 0 Å². The summed E-state index contributed by atoms with van der Waals surface area (Å²) in [6.45, 7) is 11.0. The molecular formula is C32H41N3O5S. The molecule has 0 spiro atoms. The number of nitrogens with zero attached hydrogens (tertiary/aromatic N) is 2. The number of carbonyl (C=O) groups excluding carboxylic acids is 2. The van der Waals surface area contributed by atoms with Crippen molar-refractivity contribution in [3.8, 4) is 5.75 Å². The van der Waals surface area contributed by atoms with E-state index in [0.717, 1.165) is 21.0 Å². The number of carbonyl (C=O) groups is 2. The lowest BCUT2D eigenvalue weighted by molar-refractivity contribution is -0.141. The number of methoxy groups -OCH3 is 1. The predicted molar refractivity (Wildman–Crippen MR) is 162 cm³/mol. The Kier molecular flexibility index (Phi) is 10.2. The number of hydrogen-bond donors (Lipinski definition) is 1. The van der Waals surface area contributed by atoms with Crippen molar-refractivity contribution in [2.45, 2.75) is 71.0 Å². The summed E-state index contributed by atoms with van der Waals surface area (Å²) < 4.78 is 34.3. The number of ether oxygens (including phenoxy) is 1. The zero-order chi connectivity index (χ0) is 30.4. The van der Waals surface area contributed by atoms with Crippen LogP contribution in [0.1, 0.15) is 50.8 Å². The van der Waals surface area contributed by atoms with Crippen molar-refractivity contribution in [2.75, 3.05) is 18.0 Å². The molecule has 3 aromatic carbocycles. The molecule has 3 rings (SSSR count). The van der Waals surface area contributed by atoms with Crippen LogP contribution in [0.25, 0.3) is 0 Å². The van der Waals surface area contributed by atoms with Gasteiger partial charge in [-0.3, -0.25) is 13.9 Å². The van der Waals surface area contributed by atoms with Crippen LogP contribution in [0.5, 0.6) is 5.75 Å². The van der Waals surface area contributed by atoms with E-state index in [1.807, 2.05) is 65.8 Å². The molecule has 0 aliphatic rings. The fraction of sp³-hybridized carbons (Fsp3) is 0.375. The smallest absolute Gasteiger partial charge is 0.264 e. The summed E-state index contributed by atoms with van der Waals surface area (Å²) in [6.07, 6.45) is 0.356. The average Bonchev–Trinajstić information content (AvgIpc) is 2.92. The number of aryl methyl sites for hydroxylation is 2. The number of sulfonamides is 1. The number of nitrogens with one attached hydrogen (secondary N) is 1. The van der Waals surface area contributed by atoms with E-state index in [4.69, 9.17) is 4.74 Å². The lowest BCUT2D eigenvalue weighted by Gasteiger charge is -2.35. The number of hydrogen-bond acceptors (Lipinski definition) is 5. The minimum absolute atomic E-state index is 0.0228. The molecule has 1 N–H and O–H groups in total. The Labute approximate surface area is 244 Å². The maximum absolute atomic E-state index is 14.2. The molecule has 0 fully saturated rings. The fourth-order valence-corrected chi connectivity index (χ4v) is 5.87. The van der Waals surface area contributed by atoms with Crippen molar-refractivity contribution >= 4 is 27.5 Å². The first-order chi connectivity index (χ1) is 19.3. The Bertz CT molecular complexity index is 1450. The van der Waals surface area contributed by atoms with Crippen LogP contribution in [0.15, 0.2) is 77.7 Å². The second-order valence-corrected chi connectivity index (χ2v) is 13.0. The van der Waals surface area contributed by atoms with Crippen molar-refractivity contribution in [1.29, 1.82) is 0 Å². The number of benzene rings is 3. The number of amides is 2. The Morgan fingerprint density at radius 3 is 2.07 bits per heavy atom. The summed E-state index contributed by atoms with van der Waals surface area (Å²) in [5.41, 5.74) is 2.64. The summed E-state index contributed by atoms with van der Waals surface area (Å²) in [7, 11) is -2.65. The molecular weight excluding hydrogens is 538 g/mol. The van der Waals surface area contributed by atoms with Gasteiger partial charge in [0, 0.05) is 12.1 Å². The maximum Gasteiger partial charge on any atom is 0.264 e. The molecule has 41 heavy (non-hydrogen) atoms.